The van der Waals surface area contributed by atoms with Gasteiger partial charge in [0.2, 0.25) is 0 Å². The van der Waals surface area contributed by atoms with Gasteiger partial charge in [-0.1, -0.05) is 6.92 Å². The summed E-state index contributed by atoms with van der Waals surface area (Å²) in [5.41, 5.74) is 0.855. The van der Waals surface area contributed by atoms with Crippen LogP contribution in [0.1, 0.15) is 44.8 Å². The molecule has 0 fully saturated rings. The fraction of sp³-hybridized carbons (Fsp3) is 0.538. The quantitative estimate of drug-likeness (QED) is 0.884. The highest BCUT2D eigenvalue weighted by Gasteiger charge is 2.35. The van der Waals surface area contributed by atoms with Gasteiger partial charge in [0.05, 0.1) is 16.7 Å². The Bertz CT molecular complexity index is 604. The van der Waals surface area contributed by atoms with E-state index >= 15 is 0 Å². The first-order valence-electron chi connectivity index (χ1n) is 6.53. The van der Waals surface area contributed by atoms with E-state index in [0.717, 1.165) is 28.5 Å². The highest BCUT2D eigenvalue weighted by molar-refractivity contribution is 7.13. The number of aromatic nitrogens is 2. The molecule has 0 aliphatic carbocycles. The van der Waals surface area contributed by atoms with Crippen molar-refractivity contribution in [1.29, 1.82) is 0 Å². The highest BCUT2D eigenvalue weighted by Crippen LogP contribution is 2.38. The van der Waals surface area contributed by atoms with E-state index < -0.39 is 11.2 Å². The second-order valence-corrected chi connectivity index (χ2v) is 6.93. The van der Waals surface area contributed by atoms with Crippen molar-refractivity contribution in [3.05, 3.63) is 31.7 Å². The Morgan fingerprint density at radius 3 is 2.48 bits per heavy atom. The molecular weight excluding hydrogens is 319 g/mol. The number of hydrogen-bond donors (Lipinski definition) is 1. The summed E-state index contributed by atoms with van der Waals surface area (Å²) in [6.07, 6.45) is -2.18. The number of halogens is 3. The van der Waals surface area contributed by atoms with E-state index in [9.17, 15) is 13.2 Å². The maximum absolute atomic E-state index is 12.7. The van der Waals surface area contributed by atoms with Crippen molar-refractivity contribution in [2.45, 2.75) is 39.4 Å². The van der Waals surface area contributed by atoms with E-state index in [-0.39, 0.29) is 6.04 Å². The van der Waals surface area contributed by atoms with Gasteiger partial charge in [0.15, 0.2) is 5.01 Å². The van der Waals surface area contributed by atoms with Crippen LogP contribution < -0.4 is 5.32 Å². The summed E-state index contributed by atoms with van der Waals surface area (Å²) in [7, 11) is 0. The van der Waals surface area contributed by atoms with Gasteiger partial charge in [0.1, 0.15) is 0 Å². The van der Waals surface area contributed by atoms with Gasteiger partial charge in [-0.3, -0.25) is 0 Å². The van der Waals surface area contributed by atoms with Crippen LogP contribution in [-0.4, -0.2) is 16.5 Å². The minimum atomic E-state index is -4.39. The first-order valence-corrected chi connectivity index (χ1v) is 8.16. The van der Waals surface area contributed by atoms with Crippen LogP contribution in [0, 0.1) is 13.8 Å². The van der Waals surface area contributed by atoms with Crippen LogP contribution in [-0.2, 0) is 6.18 Å². The summed E-state index contributed by atoms with van der Waals surface area (Å²) >= 11 is 2.20. The lowest BCUT2D eigenvalue weighted by atomic mass is 10.2. The smallest absolute Gasteiger partial charge is 0.305 e. The van der Waals surface area contributed by atoms with Gasteiger partial charge in [-0.05, 0) is 26.8 Å². The summed E-state index contributed by atoms with van der Waals surface area (Å²) in [4.78, 5) is 9.41. The van der Waals surface area contributed by atoms with Crippen molar-refractivity contribution < 1.29 is 13.2 Å². The van der Waals surface area contributed by atoms with Crippen molar-refractivity contribution in [3.8, 4) is 0 Å². The zero-order valence-corrected chi connectivity index (χ0v) is 13.5. The monoisotopic (exact) mass is 335 g/mol. The third kappa shape index (κ3) is 3.81. The highest BCUT2D eigenvalue weighted by atomic mass is 32.1. The first-order chi connectivity index (χ1) is 9.82. The van der Waals surface area contributed by atoms with Gasteiger partial charge in [-0.2, -0.15) is 13.2 Å². The molecule has 0 amide bonds. The maximum atomic E-state index is 12.7. The molecule has 0 aliphatic heterocycles. The van der Waals surface area contributed by atoms with E-state index in [1.54, 1.807) is 0 Å². The number of hydrogen-bond acceptors (Lipinski definition) is 5. The number of nitrogens with one attached hydrogen (secondary N) is 1. The SMILES string of the molecule is CCCNC(c1cnc(C(F)(F)F)s1)c1sc(C)nc1C. The summed E-state index contributed by atoms with van der Waals surface area (Å²) in [5, 5.41) is 3.40. The fourth-order valence-corrected chi connectivity index (χ4v) is 3.94. The zero-order valence-electron chi connectivity index (χ0n) is 11.9. The van der Waals surface area contributed by atoms with Crippen LogP contribution in [0.15, 0.2) is 6.20 Å². The average Bonchev–Trinajstić information content (AvgIpc) is 2.97. The number of aryl methyl sites for hydroxylation is 2. The molecule has 0 aliphatic rings. The molecular formula is C13H16F3N3S2. The van der Waals surface area contributed by atoms with Crippen LogP contribution in [0.5, 0.6) is 0 Å². The van der Waals surface area contributed by atoms with Gasteiger partial charge >= 0.3 is 6.18 Å². The van der Waals surface area contributed by atoms with Gasteiger partial charge in [0.25, 0.3) is 0 Å². The predicted octanol–water partition coefficient (Wildman–Crippen LogP) is 4.32. The van der Waals surface area contributed by atoms with Gasteiger partial charge in [-0.15, -0.1) is 22.7 Å². The summed E-state index contributed by atoms with van der Waals surface area (Å²) in [6, 6.07) is -0.273. The second-order valence-electron chi connectivity index (χ2n) is 4.64. The number of alkyl halides is 3. The molecule has 0 saturated heterocycles. The molecule has 2 aromatic rings. The Kier molecular flexibility index (Phi) is 5.00. The molecule has 0 spiro atoms. The molecule has 2 aromatic heterocycles. The molecule has 0 radical (unpaired) electrons. The van der Waals surface area contributed by atoms with Crippen molar-refractivity contribution >= 4 is 22.7 Å². The first kappa shape index (κ1) is 16.4. The standard InChI is InChI=1S/C13H16F3N3S2/c1-4-5-17-10(11-7(2)19-8(3)20-11)9-6-18-12(21-9)13(14,15)16/h6,10,17H,4-5H2,1-3H3. The Labute approximate surface area is 129 Å². The van der Waals surface area contributed by atoms with Crippen LogP contribution in [0.2, 0.25) is 0 Å². The molecule has 2 rings (SSSR count). The molecule has 0 bridgehead atoms. The summed E-state index contributed by atoms with van der Waals surface area (Å²) in [6.45, 7) is 6.51. The van der Waals surface area contributed by atoms with Crippen molar-refractivity contribution in [3.63, 3.8) is 0 Å². The molecule has 0 aromatic carbocycles. The van der Waals surface area contributed by atoms with Crippen molar-refractivity contribution in [2.75, 3.05) is 6.54 Å². The van der Waals surface area contributed by atoms with Crippen molar-refractivity contribution in [2.24, 2.45) is 0 Å². The molecule has 116 valence electrons. The lowest BCUT2D eigenvalue weighted by Crippen LogP contribution is -2.22. The third-order valence-corrected chi connectivity index (χ3v) is 5.10. The molecule has 1 unspecified atom stereocenters. The molecule has 3 nitrogen and oxygen atoms in total. The maximum Gasteiger partial charge on any atom is 0.443 e. The number of thiazole rings is 2. The number of rotatable bonds is 5. The topological polar surface area (TPSA) is 37.8 Å². The average molecular weight is 335 g/mol. The minimum absolute atomic E-state index is 0.273. The Balaban J connectivity index is 2.36. The molecule has 0 saturated carbocycles. The molecule has 21 heavy (non-hydrogen) atoms. The van der Waals surface area contributed by atoms with Crippen LogP contribution >= 0.6 is 22.7 Å². The number of nitrogens with zero attached hydrogens (tertiary/aromatic N) is 2. The van der Waals surface area contributed by atoms with Crippen molar-refractivity contribution in [1.82, 2.24) is 15.3 Å². The lowest BCUT2D eigenvalue weighted by molar-refractivity contribution is -0.137. The fourth-order valence-electron chi connectivity index (χ4n) is 1.98. The molecule has 2 heterocycles. The lowest BCUT2D eigenvalue weighted by Gasteiger charge is -2.15. The molecule has 8 heteroatoms. The van der Waals surface area contributed by atoms with Gasteiger partial charge in [-0.25, -0.2) is 9.97 Å². The zero-order chi connectivity index (χ0) is 15.6. The normalized spacial score (nSPS) is 13.6. The van der Waals surface area contributed by atoms with Gasteiger partial charge < -0.3 is 5.32 Å². The molecule has 1 N–H and O–H groups in total. The Morgan fingerprint density at radius 1 is 1.29 bits per heavy atom. The summed E-state index contributed by atoms with van der Waals surface area (Å²) in [5.74, 6) is 0. The van der Waals surface area contributed by atoms with Gasteiger partial charge in [0, 0.05) is 16.0 Å². The van der Waals surface area contributed by atoms with E-state index in [0.29, 0.717) is 16.2 Å². The third-order valence-electron chi connectivity index (χ3n) is 2.85. The van der Waals surface area contributed by atoms with Crippen LogP contribution in [0.25, 0.3) is 0 Å². The Hall–Kier alpha value is -0.990. The molecule has 1 atom stereocenters. The van der Waals surface area contributed by atoms with Crippen LogP contribution in [0.3, 0.4) is 0 Å². The summed E-state index contributed by atoms with van der Waals surface area (Å²) < 4.78 is 38.2. The minimum Gasteiger partial charge on any atom is -0.305 e. The predicted molar refractivity (Wildman–Crippen MR) is 78.8 cm³/mol. The van der Waals surface area contributed by atoms with E-state index in [4.69, 9.17) is 0 Å². The van der Waals surface area contributed by atoms with E-state index in [1.165, 1.54) is 17.5 Å². The van der Waals surface area contributed by atoms with E-state index in [2.05, 4.69) is 15.3 Å². The van der Waals surface area contributed by atoms with Crippen LogP contribution in [0.4, 0.5) is 13.2 Å². The largest absolute Gasteiger partial charge is 0.443 e. The second kappa shape index (κ2) is 6.41. The Morgan fingerprint density at radius 2 is 2.00 bits per heavy atom. The van der Waals surface area contributed by atoms with E-state index in [1.807, 2.05) is 20.8 Å².